The Morgan fingerprint density at radius 2 is 1.88 bits per heavy atom. The highest BCUT2D eigenvalue weighted by Gasteiger charge is 2.37. The molecule has 3 fully saturated rings. The van der Waals surface area contributed by atoms with Crippen molar-refractivity contribution < 1.29 is 23.7 Å². The molecular formula is C27H37NO5. The summed E-state index contributed by atoms with van der Waals surface area (Å²) < 4.78 is 23.2. The van der Waals surface area contributed by atoms with Crippen molar-refractivity contribution in [1.29, 1.82) is 0 Å². The smallest absolute Gasteiger partial charge is 0.289 e. The summed E-state index contributed by atoms with van der Waals surface area (Å²) in [5, 5.41) is 0. The van der Waals surface area contributed by atoms with Crippen LogP contribution in [0.4, 0.5) is 0 Å². The van der Waals surface area contributed by atoms with Gasteiger partial charge in [-0.05, 0) is 81.6 Å². The third-order valence-corrected chi connectivity index (χ3v) is 6.61. The lowest BCUT2D eigenvalue weighted by atomic mass is 9.87. The second-order valence-corrected chi connectivity index (χ2v) is 9.13. The Labute approximate surface area is 197 Å². The van der Waals surface area contributed by atoms with Gasteiger partial charge in [0.2, 0.25) is 0 Å². The predicted molar refractivity (Wildman–Crippen MR) is 127 cm³/mol. The fourth-order valence-corrected chi connectivity index (χ4v) is 4.42. The van der Waals surface area contributed by atoms with Crippen molar-refractivity contribution >= 4 is 5.91 Å². The molecule has 33 heavy (non-hydrogen) atoms. The van der Waals surface area contributed by atoms with Gasteiger partial charge in [-0.2, -0.15) is 0 Å². The Bertz CT molecular complexity index is 804. The highest BCUT2D eigenvalue weighted by molar-refractivity contribution is 5.92. The van der Waals surface area contributed by atoms with Crippen LogP contribution in [0, 0.1) is 0 Å². The Balaban J connectivity index is 1.22. The number of carbonyl (C=O) groups excluding carboxylic acids is 1. The zero-order chi connectivity index (χ0) is 23.0. The molecule has 1 aromatic carbocycles. The molecule has 1 saturated heterocycles. The SMILES string of the molecule is C=CCN(C(=O)C(=CC)Oc1ccc(C2CC2)cc1)[C@H]1C[C@@H](OCCOC2CCCCO2)C1. The molecule has 0 N–H and O–H groups in total. The van der Waals surface area contributed by atoms with Gasteiger partial charge in [0.1, 0.15) is 5.75 Å². The van der Waals surface area contributed by atoms with Gasteiger partial charge >= 0.3 is 0 Å². The molecule has 0 aromatic heterocycles. The number of amides is 1. The molecule has 1 aromatic rings. The fraction of sp³-hybridized carbons (Fsp3) is 0.593. The van der Waals surface area contributed by atoms with Crippen LogP contribution < -0.4 is 4.74 Å². The number of carbonyl (C=O) groups is 1. The minimum atomic E-state index is -0.107. The summed E-state index contributed by atoms with van der Waals surface area (Å²) in [6.45, 7) is 8.03. The lowest BCUT2D eigenvalue weighted by Gasteiger charge is -2.42. The van der Waals surface area contributed by atoms with E-state index in [1.54, 1.807) is 12.2 Å². The van der Waals surface area contributed by atoms with Crippen molar-refractivity contribution in [3.63, 3.8) is 0 Å². The van der Waals surface area contributed by atoms with Gasteiger partial charge in [-0.15, -0.1) is 6.58 Å². The van der Waals surface area contributed by atoms with Gasteiger partial charge in [0, 0.05) is 19.2 Å². The van der Waals surface area contributed by atoms with E-state index in [4.69, 9.17) is 18.9 Å². The summed E-state index contributed by atoms with van der Waals surface area (Å²) in [6, 6.07) is 8.24. The minimum Gasteiger partial charge on any atom is -0.452 e. The molecule has 2 aliphatic carbocycles. The van der Waals surface area contributed by atoms with Gasteiger partial charge < -0.3 is 23.8 Å². The average molecular weight is 456 g/mol. The number of hydrogen-bond donors (Lipinski definition) is 0. The molecule has 1 amide bonds. The van der Waals surface area contributed by atoms with Crippen LogP contribution >= 0.6 is 0 Å². The molecule has 1 atom stereocenters. The first-order valence-corrected chi connectivity index (χ1v) is 12.4. The summed E-state index contributed by atoms with van der Waals surface area (Å²) in [5.41, 5.74) is 1.35. The second-order valence-electron chi connectivity index (χ2n) is 9.13. The molecule has 0 radical (unpaired) electrons. The van der Waals surface area contributed by atoms with Crippen molar-refractivity contribution in [2.24, 2.45) is 0 Å². The van der Waals surface area contributed by atoms with E-state index in [-0.39, 0.29) is 24.3 Å². The molecule has 1 aliphatic heterocycles. The van der Waals surface area contributed by atoms with E-state index in [0.29, 0.717) is 37.2 Å². The van der Waals surface area contributed by atoms with Crippen LogP contribution in [0.2, 0.25) is 0 Å². The molecule has 1 heterocycles. The number of allylic oxidation sites excluding steroid dienone is 1. The first-order chi connectivity index (χ1) is 16.2. The van der Waals surface area contributed by atoms with Crippen LogP contribution in [0.25, 0.3) is 0 Å². The summed E-state index contributed by atoms with van der Waals surface area (Å²) in [7, 11) is 0. The van der Waals surface area contributed by atoms with Crippen molar-refractivity contribution in [3.8, 4) is 5.75 Å². The summed E-state index contributed by atoms with van der Waals surface area (Å²) in [4.78, 5) is 15.1. The van der Waals surface area contributed by atoms with Crippen molar-refractivity contribution in [2.75, 3.05) is 26.4 Å². The number of rotatable bonds is 12. The van der Waals surface area contributed by atoms with E-state index < -0.39 is 0 Å². The van der Waals surface area contributed by atoms with Crippen LogP contribution in [-0.4, -0.2) is 55.6 Å². The minimum absolute atomic E-state index is 0.0821. The molecule has 1 unspecified atom stereocenters. The lowest BCUT2D eigenvalue weighted by molar-refractivity contribution is -0.175. The van der Waals surface area contributed by atoms with Crippen LogP contribution in [0.3, 0.4) is 0 Å². The third kappa shape index (κ3) is 6.69. The van der Waals surface area contributed by atoms with Gasteiger partial charge in [-0.1, -0.05) is 18.2 Å². The zero-order valence-corrected chi connectivity index (χ0v) is 19.7. The average Bonchev–Trinajstić information content (AvgIpc) is 3.66. The highest BCUT2D eigenvalue weighted by atomic mass is 16.7. The molecule has 0 bridgehead atoms. The maximum atomic E-state index is 13.2. The zero-order valence-electron chi connectivity index (χ0n) is 19.7. The first kappa shape index (κ1) is 24.0. The summed E-state index contributed by atoms with van der Waals surface area (Å²) in [6.07, 6.45) is 11.0. The molecular weight excluding hydrogens is 418 g/mol. The van der Waals surface area contributed by atoms with Crippen LogP contribution in [0.15, 0.2) is 48.8 Å². The summed E-state index contributed by atoms with van der Waals surface area (Å²) in [5.74, 6) is 1.63. The van der Waals surface area contributed by atoms with E-state index >= 15 is 0 Å². The first-order valence-electron chi connectivity index (χ1n) is 12.4. The van der Waals surface area contributed by atoms with Crippen LogP contribution in [-0.2, 0) is 19.0 Å². The molecule has 6 heteroatoms. The van der Waals surface area contributed by atoms with Crippen LogP contribution in [0.1, 0.15) is 63.4 Å². The molecule has 3 aliphatic rings. The Morgan fingerprint density at radius 1 is 1.12 bits per heavy atom. The van der Waals surface area contributed by atoms with E-state index in [0.717, 1.165) is 38.7 Å². The lowest BCUT2D eigenvalue weighted by Crippen LogP contribution is -2.51. The third-order valence-electron chi connectivity index (χ3n) is 6.61. The molecule has 2 saturated carbocycles. The van der Waals surface area contributed by atoms with E-state index in [2.05, 4.69) is 18.7 Å². The van der Waals surface area contributed by atoms with E-state index in [1.165, 1.54) is 18.4 Å². The van der Waals surface area contributed by atoms with Crippen molar-refractivity contribution in [2.45, 2.75) is 76.2 Å². The molecule has 180 valence electrons. The molecule has 6 nitrogen and oxygen atoms in total. The Kier molecular flexibility index (Phi) is 8.59. The van der Waals surface area contributed by atoms with Gasteiger partial charge in [0.15, 0.2) is 12.0 Å². The van der Waals surface area contributed by atoms with Crippen LogP contribution in [0.5, 0.6) is 5.75 Å². The van der Waals surface area contributed by atoms with Crippen molar-refractivity contribution in [1.82, 2.24) is 4.90 Å². The van der Waals surface area contributed by atoms with Gasteiger partial charge in [0.05, 0.1) is 19.3 Å². The maximum absolute atomic E-state index is 13.2. The standard InChI is InChI=1S/C27H37NO5/c1-3-14-28(22-18-24(19-22)30-16-17-32-26-7-5-6-15-31-26)27(29)25(4-2)33-23-12-10-21(11-13-23)20-8-9-20/h3-4,10-13,20,22,24,26H,1,5-9,14-19H2,2H3/t22-,24+,26?. The number of hydrogen-bond acceptors (Lipinski definition) is 5. The fourth-order valence-electron chi connectivity index (χ4n) is 4.42. The van der Waals surface area contributed by atoms with Crippen molar-refractivity contribution in [3.05, 3.63) is 54.3 Å². The topological polar surface area (TPSA) is 57.2 Å². The number of nitrogens with zero attached hydrogens (tertiary/aromatic N) is 1. The summed E-state index contributed by atoms with van der Waals surface area (Å²) >= 11 is 0. The molecule has 0 spiro atoms. The van der Waals surface area contributed by atoms with E-state index in [9.17, 15) is 4.79 Å². The molecule has 4 rings (SSSR count). The largest absolute Gasteiger partial charge is 0.452 e. The number of ether oxygens (including phenoxy) is 4. The normalized spacial score (nSPS) is 25.2. The predicted octanol–water partition coefficient (Wildman–Crippen LogP) is 4.95. The Morgan fingerprint density at radius 3 is 2.52 bits per heavy atom. The monoisotopic (exact) mass is 455 g/mol. The van der Waals surface area contributed by atoms with Gasteiger partial charge in [0.25, 0.3) is 5.91 Å². The van der Waals surface area contributed by atoms with Gasteiger partial charge in [-0.3, -0.25) is 4.79 Å². The van der Waals surface area contributed by atoms with Gasteiger partial charge in [-0.25, -0.2) is 0 Å². The highest BCUT2D eigenvalue weighted by Crippen LogP contribution is 2.40. The van der Waals surface area contributed by atoms with E-state index in [1.807, 2.05) is 24.0 Å². The quantitative estimate of drug-likeness (QED) is 0.193. The Hall–Kier alpha value is -2.15. The number of benzene rings is 1. The second kappa shape index (κ2) is 11.8. The maximum Gasteiger partial charge on any atom is 0.289 e.